The Bertz CT molecular complexity index is 594. The van der Waals surface area contributed by atoms with Crippen molar-refractivity contribution in [2.24, 2.45) is 10.9 Å². The minimum atomic E-state index is 0.0315. The Morgan fingerprint density at radius 1 is 1.50 bits per heavy atom. The smallest absolute Gasteiger partial charge is 0.238 e. The molecular formula is C11H11BrN4O2. The number of nitrogens with one attached hydrogen (secondary N) is 1. The van der Waals surface area contributed by atoms with E-state index in [0.29, 0.717) is 21.7 Å². The molecule has 0 bridgehead atoms. The number of nitrogens with two attached hydrogens (primary N) is 1. The van der Waals surface area contributed by atoms with Crippen molar-refractivity contribution in [3.05, 3.63) is 40.0 Å². The van der Waals surface area contributed by atoms with Gasteiger partial charge < -0.3 is 15.7 Å². The van der Waals surface area contributed by atoms with Gasteiger partial charge in [0, 0.05) is 21.8 Å². The SMILES string of the molecule is Cc1cc(Oc2ccc(/C(N)=N/O)c(Br)c2)n[nH]1. The molecule has 6 nitrogen and oxygen atoms in total. The third kappa shape index (κ3) is 2.62. The number of aryl methyl sites for hydroxylation is 1. The van der Waals surface area contributed by atoms with Gasteiger partial charge in [-0.25, -0.2) is 0 Å². The summed E-state index contributed by atoms with van der Waals surface area (Å²) in [5, 5.41) is 18.3. The van der Waals surface area contributed by atoms with Crippen molar-refractivity contribution in [1.82, 2.24) is 10.2 Å². The first-order valence-electron chi connectivity index (χ1n) is 5.07. The van der Waals surface area contributed by atoms with Gasteiger partial charge in [0.15, 0.2) is 5.84 Å². The molecule has 0 amide bonds. The summed E-state index contributed by atoms with van der Waals surface area (Å²) in [7, 11) is 0. The molecule has 0 aliphatic carbocycles. The quantitative estimate of drug-likeness (QED) is 0.351. The van der Waals surface area contributed by atoms with Crippen molar-refractivity contribution in [3.8, 4) is 11.6 Å². The summed E-state index contributed by atoms with van der Waals surface area (Å²) < 4.78 is 6.20. The second-order valence-electron chi connectivity index (χ2n) is 3.62. The van der Waals surface area contributed by atoms with E-state index in [-0.39, 0.29) is 5.84 Å². The predicted octanol–water partition coefficient (Wildman–Crippen LogP) is 2.37. The number of oxime groups is 1. The highest BCUT2D eigenvalue weighted by Gasteiger charge is 2.08. The first-order chi connectivity index (χ1) is 8.60. The van der Waals surface area contributed by atoms with Crippen LogP contribution in [0.1, 0.15) is 11.3 Å². The second-order valence-corrected chi connectivity index (χ2v) is 4.47. The molecule has 1 heterocycles. The van der Waals surface area contributed by atoms with Crippen molar-refractivity contribution >= 4 is 21.8 Å². The molecule has 0 spiro atoms. The van der Waals surface area contributed by atoms with Gasteiger partial charge in [-0.2, -0.15) is 0 Å². The molecule has 0 unspecified atom stereocenters. The summed E-state index contributed by atoms with van der Waals surface area (Å²) >= 11 is 3.33. The first kappa shape index (κ1) is 12.4. The molecule has 0 saturated heterocycles. The molecule has 0 fully saturated rings. The number of hydrogen-bond acceptors (Lipinski definition) is 4. The van der Waals surface area contributed by atoms with Gasteiger partial charge in [-0.15, -0.1) is 5.10 Å². The normalized spacial score (nSPS) is 11.6. The zero-order valence-electron chi connectivity index (χ0n) is 9.51. The van der Waals surface area contributed by atoms with Crippen molar-refractivity contribution in [1.29, 1.82) is 0 Å². The zero-order chi connectivity index (χ0) is 13.1. The van der Waals surface area contributed by atoms with Crippen LogP contribution in [0, 0.1) is 6.92 Å². The van der Waals surface area contributed by atoms with E-state index in [1.165, 1.54) is 0 Å². The van der Waals surface area contributed by atoms with Crippen molar-refractivity contribution in [2.45, 2.75) is 6.92 Å². The van der Waals surface area contributed by atoms with Gasteiger partial charge in [0.2, 0.25) is 5.88 Å². The van der Waals surface area contributed by atoms with Crippen LogP contribution in [0.5, 0.6) is 11.6 Å². The van der Waals surface area contributed by atoms with Crippen LogP contribution < -0.4 is 10.5 Å². The lowest BCUT2D eigenvalue weighted by atomic mass is 10.2. The molecule has 7 heteroatoms. The average molecular weight is 311 g/mol. The Labute approximate surface area is 112 Å². The molecule has 0 saturated carbocycles. The zero-order valence-corrected chi connectivity index (χ0v) is 11.1. The van der Waals surface area contributed by atoms with Crippen LogP contribution in [-0.4, -0.2) is 21.2 Å². The monoisotopic (exact) mass is 310 g/mol. The van der Waals surface area contributed by atoms with Crippen LogP contribution in [0.25, 0.3) is 0 Å². The molecule has 0 aliphatic heterocycles. The van der Waals surface area contributed by atoms with E-state index in [9.17, 15) is 0 Å². The molecule has 2 rings (SSSR count). The Hall–Kier alpha value is -2.02. The fraction of sp³-hybridized carbons (Fsp3) is 0.0909. The minimum Gasteiger partial charge on any atom is -0.438 e. The number of hydrogen-bond donors (Lipinski definition) is 3. The highest BCUT2D eigenvalue weighted by Crippen LogP contribution is 2.26. The van der Waals surface area contributed by atoms with E-state index in [1.807, 2.05) is 6.92 Å². The maximum Gasteiger partial charge on any atom is 0.238 e. The Morgan fingerprint density at radius 2 is 2.28 bits per heavy atom. The molecule has 2 aromatic rings. The maximum absolute atomic E-state index is 8.62. The Morgan fingerprint density at radius 3 is 2.83 bits per heavy atom. The van der Waals surface area contributed by atoms with E-state index in [2.05, 4.69) is 31.3 Å². The summed E-state index contributed by atoms with van der Waals surface area (Å²) in [5.41, 5.74) is 7.01. The lowest BCUT2D eigenvalue weighted by molar-refractivity contribution is 0.318. The van der Waals surface area contributed by atoms with Crippen LogP contribution >= 0.6 is 15.9 Å². The number of aromatic nitrogens is 2. The number of ether oxygens (including phenoxy) is 1. The number of benzene rings is 1. The van der Waals surface area contributed by atoms with Crippen LogP contribution in [-0.2, 0) is 0 Å². The summed E-state index contributed by atoms with van der Waals surface area (Å²) in [6.45, 7) is 1.89. The molecule has 94 valence electrons. The summed E-state index contributed by atoms with van der Waals surface area (Å²) in [4.78, 5) is 0. The van der Waals surface area contributed by atoms with Crippen molar-refractivity contribution < 1.29 is 9.94 Å². The second kappa shape index (κ2) is 5.09. The largest absolute Gasteiger partial charge is 0.438 e. The first-order valence-corrected chi connectivity index (χ1v) is 5.87. The highest BCUT2D eigenvalue weighted by molar-refractivity contribution is 9.10. The minimum absolute atomic E-state index is 0.0315. The van der Waals surface area contributed by atoms with E-state index in [1.54, 1.807) is 24.3 Å². The summed E-state index contributed by atoms with van der Waals surface area (Å²) in [6, 6.07) is 6.90. The summed E-state index contributed by atoms with van der Waals surface area (Å²) in [5.74, 6) is 1.11. The third-order valence-corrected chi connectivity index (χ3v) is 2.89. The molecule has 4 N–H and O–H groups in total. The lowest BCUT2D eigenvalue weighted by Gasteiger charge is -2.06. The van der Waals surface area contributed by atoms with Gasteiger partial charge in [-0.3, -0.25) is 5.10 Å². The van der Waals surface area contributed by atoms with E-state index < -0.39 is 0 Å². The lowest BCUT2D eigenvalue weighted by Crippen LogP contribution is -2.13. The van der Waals surface area contributed by atoms with Gasteiger partial charge in [0.05, 0.1) is 0 Å². The number of nitrogens with zero attached hydrogens (tertiary/aromatic N) is 2. The molecule has 1 aromatic carbocycles. The Kier molecular flexibility index (Phi) is 3.52. The van der Waals surface area contributed by atoms with Crippen molar-refractivity contribution in [2.75, 3.05) is 0 Å². The highest BCUT2D eigenvalue weighted by atomic mass is 79.9. The fourth-order valence-corrected chi connectivity index (χ4v) is 1.95. The number of rotatable bonds is 3. The van der Waals surface area contributed by atoms with Crippen LogP contribution in [0.3, 0.4) is 0 Å². The topological polar surface area (TPSA) is 96.5 Å². The predicted molar refractivity (Wildman–Crippen MR) is 70.1 cm³/mol. The van der Waals surface area contributed by atoms with Gasteiger partial charge >= 0.3 is 0 Å². The standard InChI is InChI=1S/C11H11BrN4O2/c1-6-4-10(15-14-6)18-7-2-3-8(9(12)5-7)11(13)16-17/h2-5,17H,1H3,(H2,13,16)(H,14,15). The third-order valence-electron chi connectivity index (χ3n) is 2.23. The van der Waals surface area contributed by atoms with E-state index in [0.717, 1.165) is 5.69 Å². The van der Waals surface area contributed by atoms with Gasteiger partial charge in [-0.05, 0) is 41.1 Å². The van der Waals surface area contributed by atoms with Crippen LogP contribution in [0.4, 0.5) is 0 Å². The molecule has 0 atom stereocenters. The van der Waals surface area contributed by atoms with Crippen LogP contribution in [0.15, 0.2) is 33.9 Å². The molecule has 0 radical (unpaired) electrons. The van der Waals surface area contributed by atoms with Gasteiger partial charge in [-0.1, -0.05) is 5.16 Å². The van der Waals surface area contributed by atoms with E-state index in [4.69, 9.17) is 15.7 Å². The van der Waals surface area contributed by atoms with Crippen LogP contribution in [0.2, 0.25) is 0 Å². The molecule has 18 heavy (non-hydrogen) atoms. The fourth-order valence-electron chi connectivity index (χ4n) is 1.39. The van der Waals surface area contributed by atoms with Gasteiger partial charge in [0.25, 0.3) is 0 Å². The van der Waals surface area contributed by atoms with Gasteiger partial charge in [0.1, 0.15) is 5.75 Å². The number of halogens is 1. The number of H-pyrrole nitrogens is 1. The molecular weight excluding hydrogens is 300 g/mol. The van der Waals surface area contributed by atoms with E-state index >= 15 is 0 Å². The molecule has 1 aromatic heterocycles. The summed E-state index contributed by atoms with van der Waals surface area (Å²) in [6.07, 6.45) is 0. The van der Waals surface area contributed by atoms with Crippen molar-refractivity contribution in [3.63, 3.8) is 0 Å². The Balaban J connectivity index is 2.24. The number of aromatic amines is 1. The average Bonchev–Trinajstić information content (AvgIpc) is 2.74. The number of amidine groups is 1. The molecule has 0 aliphatic rings. The maximum atomic E-state index is 8.62.